The number of aromatic nitrogens is 2. The van der Waals surface area contributed by atoms with E-state index < -0.39 is 17.4 Å². The first-order valence-electron chi connectivity index (χ1n) is 5.22. The third-order valence-electron chi connectivity index (χ3n) is 3.06. The molecule has 1 fully saturated rings. The normalized spacial score (nSPS) is 29.5. The summed E-state index contributed by atoms with van der Waals surface area (Å²) in [6.45, 7) is 0.00562. The molecule has 0 saturated heterocycles. The number of nitrogens with one attached hydrogen (secondary N) is 1. The minimum Gasteiger partial charge on any atom is -0.396 e. The van der Waals surface area contributed by atoms with E-state index in [1.807, 2.05) is 0 Å². The summed E-state index contributed by atoms with van der Waals surface area (Å²) in [5.41, 5.74) is -0.970. The SMILES string of the molecule is O=c1ccn([C@@H]2C[C@H](CO)C[C@@H]2O)c(=O)[nH]1. The van der Waals surface area contributed by atoms with Gasteiger partial charge < -0.3 is 10.2 Å². The van der Waals surface area contributed by atoms with Crippen molar-refractivity contribution in [3.63, 3.8) is 0 Å². The Kier molecular flexibility index (Phi) is 2.93. The van der Waals surface area contributed by atoms with Crippen LogP contribution in [0.1, 0.15) is 18.9 Å². The molecule has 1 aromatic heterocycles. The molecule has 6 nitrogen and oxygen atoms in total. The average Bonchev–Trinajstić information content (AvgIpc) is 2.60. The first-order valence-corrected chi connectivity index (χ1v) is 5.22. The van der Waals surface area contributed by atoms with E-state index in [2.05, 4.69) is 4.98 Å². The van der Waals surface area contributed by atoms with Crippen LogP contribution >= 0.6 is 0 Å². The summed E-state index contributed by atoms with van der Waals surface area (Å²) in [6.07, 6.45) is 1.76. The summed E-state index contributed by atoms with van der Waals surface area (Å²) in [5, 5.41) is 18.8. The second kappa shape index (κ2) is 4.23. The van der Waals surface area contributed by atoms with Crippen LogP contribution in [-0.4, -0.2) is 32.5 Å². The minimum absolute atomic E-state index is 0.00562. The molecular weight excluding hydrogens is 212 g/mol. The number of aromatic amines is 1. The molecule has 1 aromatic rings. The highest BCUT2D eigenvalue weighted by molar-refractivity contribution is 4.93. The molecule has 2 rings (SSSR count). The second-order valence-corrected chi connectivity index (χ2v) is 4.17. The second-order valence-electron chi connectivity index (χ2n) is 4.17. The number of hydrogen-bond donors (Lipinski definition) is 3. The first kappa shape index (κ1) is 11.1. The van der Waals surface area contributed by atoms with Gasteiger partial charge in [-0.2, -0.15) is 0 Å². The smallest absolute Gasteiger partial charge is 0.328 e. The molecule has 1 aliphatic carbocycles. The molecule has 6 heteroatoms. The van der Waals surface area contributed by atoms with Gasteiger partial charge in [-0.05, 0) is 18.8 Å². The summed E-state index contributed by atoms with van der Waals surface area (Å²) in [7, 11) is 0. The Morgan fingerprint density at radius 2 is 2.19 bits per heavy atom. The summed E-state index contributed by atoms with van der Waals surface area (Å²) in [4.78, 5) is 24.5. The van der Waals surface area contributed by atoms with E-state index >= 15 is 0 Å². The Bertz CT molecular complexity index is 478. The van der Waals surface area contributed by atoms with Crippen molar-refractivity contribution in [2.24, 2.45) is 5.92 Å². The van der Waals surface area contributed by atoms with Crippen LogP contribution in [0.3, 0.4) is 0 Å². The van der Waals surface area contributed by atoms with Crippen molar-refractivity contribution in [1.82, 2.24) is 9.55 Å². The van der Waals surface area contributed by atoms with Gasteiger partial charge in [0, 0.05) is 18.9 Å². The maximum atomic E-state index is 11.5. The van der Waals surface area contributed by atoms with E-state index in [-0.39, 0.29) is 18.6 Å². The predicted octanol–water partition coefficient (Wildman–Crippen LogP) is -1.16. The molecule has 1 heterocycles. The van der Waals surface area contributed by atoms with E-state index in [0.717, 1.165) is 0 Å². The van der Waals surface area contributed by atoms with Crippen LogP contribution in [0.5, 0.6) is 0 Å². The van der Waals surface area contributed by atoms with Crippen LogP contribution in [0, 0.1) is 5.92 Å². The van der Waals surface area contributed by atoms with Gasteiger partial charge in [0.1, 0.15) is 0 Å². The lowest BCUT2D eigenvalue weighted by atomic mass is 10.1. The molecule has 3 atom stereocenters. The standard InChI is InChI=1S/C10H14N2O4/c13-5-6-3-7(8(14)4-6)12-2-1-9(15)11-10(12)16/h1-2,6-8,13-14H,3-5H2,(H,11,15,16)/t6-,7+,8-/m0/s1. The molecule has 0 aromatic carbocycles. The molecule has 0 bridgehead atoms. The summed E-state index contributed by atoms with van der Waals surface area (Å²) < 4.78 is 1.32. The van der Waals surface area contributed by atoms with E-state index in [1.54, 1.807) is 0 Å². The van der Waals surface area contributed by atoms with Gasteiger partial charge in [-0.25, -0.2) is 4.79 Å². The number of aliphatic hydroxyl groups is 2. The lowest BCUT2D eigenvalue weighted by molar-refractivity contribution is 0.129. The topological polar surface area (TPSA) is 95.3 Å². The molecule has 0 amide bonds. The summed E-state index contributed by atoms with van der Waals surface area (Å²) >= 11 is 0. The maximum Gasteiger partial charge on any atom is 0.328 e. The molecule has 88 valence electrons. The van der Waals surface area contributed by atoms with E-state index in [1.165, 1.54) is 16.8 Å². The molecule has 0 unspecified atom stereocenters. The third kappa shape index (κ3) is 1.94. The number of nitrogens with zero attached hydrogens (tertiary/aromatic N) is 1. The minimum atomic E-state index is -0.652. The van der Waals surface area contributed by atoms with Crippen LogP contribution in [0.25, 0.3) is 0 Å². The number of H-pyrrole nitrogens is 1. The molecule has 0 aliphatic heterocycles. The monoisotopic (exact) mass is 226 g/mol. The average molecular weight is 226 g/mol. The number of rotatable bonds is 2. The maximum absolute atomic E-state index is 11.5. The molecule has 0 radical (unpaired) electrons. The van der Waals surface area contributed by atoms with E-state index in [0.29, 0.717) is 12.8 Å². The molecule has 1 aliphatic rings. The predicted molar refractivity (Wildman–Crippen MR) is 56.2 cm³/mol. The largest absolute Gasteiger partial charge is 0.396 e. The Morgan fingerprint density at radius 1 is 1.44 bits per heavy atom. The van der Waals surface area contributed by atoms with Crippen molar-refractivity contribution in [3.05, 3.63) is 33.1 Å². The number of aliphatic hydroxyl groups excluding tert-OH is 2. The van der Waals surface area contributed by atoms with Gasteiger partial charge >= 0.3 is 5.69 Å². The Labute approximate surface area is 91.2 Å². The summed E-state index contributed by atoms with van der Waals surface area (Å²) in [6, 6.07) is 0.891. The van der Waals surface area contributed by atoms with Gasteiger partial charge in [0.25, 0.3) is 5.56 Å². The van der Waals surface area contributed by atoms with Crippen molar-refractivity contribution in [3.8, 4) is 0 Å². The highest BCUT2D eigenvalue weighted by Crippen LogP contribution is 2.33. The lowest BCUT2D eigenvalue weighted by Gasteiger charge is -2.16. The van der Waals surface area contributed by atoms with Gasteiger partial charge in [-0.15, -0.1) is 0 Å². The zero-order valence-corrected chi connectivity index (χ0v) is 8.67. The lowest BCUT2D eigenvalue weighted by Crippen LogP contribution is -2.34. The zero-order chi connectivity index (χ0) is 11.7. The van der Waals surface area contributed by atoms with Crippen LogP contribution in [0.15, 0.2) is 21.9 Å². The van der Waals surface area contributed by atoms with E-state index in [4.69, 9.17) is 5.11 Å². The van der Waals surface area contributed by atoms with Crippen LogP contribution in [0.2, 0.25) is 0 Å². The van der Waals surface area contributed by atoms with Crippen molar-refractivity contribution in [1.29, 1.82) is 0 Å². The Morgan fingerprint density at radius 3 is 2.75 bits per heavy atom. The fourth-order valence-electron chi connectivity index (χ4n) is 2.23. The third-order valence-corrected chi connectivity index (χ3v) is 3.06. The van der Waals surface area contributed by atoms with Crippen LogP contribution < -0.4 is 11.2 Å². The van der Waals surface area contributed by atoms with E-state index in [9.17, 15) is 14.7 Å². The molecule has 16 heavy (non-hydrogen) atoms. The fraction of sp³-hybridized carbons (Fsp3) is 0.600. The summed E-state index contributed by atoms with van der Waals surface area (Å²) in [5.74, 6) is 0.0128. The van der Waals surface area contributed by atoms with Crippen LogP contribution in [0.4, 0.5) is 0 Å². The zero-order valence-electron chi connectivity index (χ0n) is 8.67. The highest BCUT2D eigenvalue weighted by Gasteiger charge is 2.34. The van der Waals surface area contributed by atoms with Gasteiger partial charge in [-0.1, -0.05) is 0 Å². The Balaban J connectivity index is 2.31. The highest BCUT2D eigenvalue weighted by atomic mass is 16.3. The van der Waals surface area contributed by atoms with Crippen LogP contribution in [-0.2, 0) is 0 Å². The van der Waals surface area contributed by atoms with Gasteiger partial charge in [0.05, 0.1) is 12.1 Å². The molecule has 0 spiro atoms. The molecule has 1 saturated carbocycles. The fourth-order valence-corrected chi connectivity index (χ4v) is 2.23. The van der Waals surface area contributed by atoms with Crippen molar-refractivity contribution in [2.45, 2.75) is 25.0 Å². The van der Waals surface area contributed by atoms with Crippen molar-refractivity contribution < 1.29 is 10.2 Å². The van der Waals surface area contributed by atoms with Gasteiger partial charge in [0.15, 0.2) is 0 Å². The van der Waals surface area contributed by atoms with Gasteiger partial charge in [0.2, 0.25) is 0 Å². The Hall–Kier alpha value is -1.40. The molecular formula is C10H14N2O4. The quantitative estimate of drug-likeness (QED) is 0.593. The van der Waals surface area contributed by atoms with Gasteiger partial charge in [-0.3, -0.25) is 14.3 Å². The molecule has 3 N–H and O–H groups in total. The van der Waals surface area contributed by atoms with Crippen molar-refractivity contribution in [2.75, 3.05) is 6.61 Å². The first-order chi connectivity index (χ1) is 7.61. The van der Waals surface area contributed by atoms with Crippen molar-refractivity contribution >= 4 is 0 Å². The number of hydrogen-bond acceptors (Lipinski definition) is 4.